The summed E-state index contributed by atoms with van der Waals surface area (Å²) >= 11 is 6.13. The van der Waals surface area contributed by atoms with Crippen molar-refractivity contribution < 1.29 is 4.52 Å². The first-order valence-electron chi connectivity index (χ1n) is 6.72. The Morgan fingerprint density at radius 2 is 1.95 bits per heavy atom. The molecule has 0 saturated carbocycles. The number of aromatic nitrogens is 4. The summed E-state index contributed by atoms with van der Waals surface area (Å²) in [6.45, 7) is 4.51. The Labute approximate surface area is 127 Å². The van der Waals surface area contributed by atoms with Crippen molar-refractivity contribution in [2.45, 2.75) is 26.8 Å². The summed E-state index contributed by atoms with van der Waals surface area (Å²) in [7, 11) is 0. The monoisotopic (exact) mass is 302 g/mol. The highest BCUT2D eigenvalue weighted by atomic mass is 35.5. The molecule has 0 spiro atoms. The van der Waals surface area contributed by atoms with Gasteiger partial charge in [0.25, 0.3) is 0 Å². The standard InChI is InChI=1S/C15H15ClN4O/c1-10-14(16)11(2)20(18-10)9-8-13-17-15(19-21-13)12-6-4-3-5-7-12/h3-7H,8-9H2,1-2H3. The van der Waals surface area contributed by atoms with Crippen molar-refractivity contribution in [3.8, 4) is 11.4 Å². The number of halogens is 1. The molecule has 3 rings (SSSR count). The van der Waals surface area contributed by atoms with Crippen molar-refractivity contribution >= 4 is 11.6 Å². The second-order valence-corrected chi connectivity index (χ2v) is 5.21. The summed E-state index contributed by atoms with van der Waals surface area (Å²) in [4.78, 5) is 4.40. The second-order valence-electron chi connectivity index (χ2n) is 4.84. The van der Waals surface area contributed by atoms with Crippen molar-refractivity contribution in [1.82, 2.24) is 19.9 Å². The van der Waals surface area contributed by atoms with E-state index in [0.717, 1.165) is 17.0 Å². The smallest absolute Gasteiger partial charge is 0.228 e. The molecular formula is C15H15ClN4O. The van der Waals surface area contributed by atoms with Gasteiger partial charge in [0, 0.05) is 12.0 Å². The first-order chi connectivity index (χ1) is 10.1. The molecule has 2 heterocycles. The van der Waals surface area contributed by atoms with Crippen LogP contribution in [0.5, 0.6) is 0 Å². The van der Waals surface area contributed by atoms with Crippen LogP contribution < -0.4 is 0 Å². The van der Waals surface area contributed by atoms with Crippen molar-refractivity contribution in [3.63, 3.8) is 0 Å². The van der Waals surface area contributed by atoms with Gasteiger partial charge in [-0.3, -0.25) is 4.68 Å². The van der Waals surface area contributed by atoms with Gasteiger partial charge in [-0.2, -0.15) is 10.1 Å². The van der Waals surface area contributed by atoms with Crippen molar-refractivity contribution in [1.29, 1.82) is 0 Å². The van der Waals surface area contributed by atoms with E-state index in [4.69, 9.17) is 16.1 Å². The van der Waals surface area contributed by atoms with Crippen LogP contribution in [-0.4, -0.2) is 19.9 Å². The number of hydrogen-bond donors (Lipinski definition) is 0. The van der Waals surface area contributed by atoms with Gasteiger partial charge in [0.15, 0.2) is 0 Å². The molecule has 0 aliphatic rings. The normalized spacial score (nSPS) is 11.0. The zero-order valence-corrected chi connectivity index (χ0v) is 12.6. The van der Waals surface area contributed by atoms with Gasteiger partial charge in [0.1, 0.15) is 0 Å². The summed E-state index contributed by atoms with van der Waals surface area (Å²) in [5.74, 6) is 1.20. The highest BCUT2D eigenvalue weighted by Gasteiger charge is 2.12. The quantitative estimate of drug-likeness (QED) is 0.740. The molecule has 0 unspecified atom stereocenters. The van der Waals surface area contributed by atoms with Gasteiger partial charge in [-0.25, -0.2) is 0 Å². The summed E-state index contributed by atoms with van der Waals surface area (Å²) in [5.41, 5.74) is 2.74. The molecule has 5 nitrogen and oxygen atoms in total. The largest absolute Gasteiger partial charge is 0.339 e. The van der Waals surface area contributed by atoms with Crippen molar-refractivity contribution in [3.05, 3.63) is 52.6 Å². The highest BCUT2D eigenvalue weighted by molar-refractivity contribution is 6.31. The van der Waals surface area contributed by atoms with E-state index >= 15 is 0 Å². The van der Waals surface area contributed by atoms with Gasteiger partial charge in [-0.15, -0.1) is 0 Å². The summed E-state index contributed by atoms with van der Waals surface area (Å²) < 4.78 is 7.15. The fourth-order valence-corrected chi connectivity index (χ4v) is 2.29. The van der Waals surface area contributed by atoms with Crippen LogP contribution in [-0.2, 0) is 13.0 Å². The number of aryl methyl sites for hydroxylation is 3. The lowest BCUT2D eigenvalue weighted by Gasteiger charge is -2.00. The Bertz CT molecular complexity index is 748. The van der Waals surface area contributed by atoms with Crippen LogP contribution in [0, 0.1) is 13.8 Å². The second kappa shape index (κ2) is 5.69. The Morgan fingerprint density at radius 1 is 1.19 bits per heavy atom. The minimum atomic E-state index is 0.595. The molecule has 0 saturated heterocycles. The van der Waals surface area contributed by atoms with E-state index in [1.165, 1.54) is 0 Å². The topological polar surface area (TPSA) is 56.7 Å². The maximum absolute atomic E-state index is 6.13. The van der Waals surface area contributed by atoms with E-state index in [1.54, 1.807) is 0 Å². The minimum absolute atomic E-state index is 0.595. The van der Waals surface area contributed by atoms with Crippen LogP contribution in [0.25, 0.3) is 11.4 Å². The van der Waals surface area contributed by atoms with Crippen LogP contribution in [0.1, 0.15) is 17.3 Å². The minimum Gasteiger partial charge on any atom is -0.339 e. The van der Waals surface area contributed by atoms with Crippen molar-refractivity contribution in [2.24, 2.45) is 0 Å². The van der Waals surface area contributed by atoms with E-state index in [2.05, 4.69) is 15.2 Å². The molecule has 0 N–H and O–H groups in total. The zero-order chi connectivity index (χ0) is 14.8. The third kappa shape index (κ3) is 2.83. The first kappa shape index (κ1) is 13.8. The Balaban J connectivity index is 1.72. The molecule has 0 bridgehead atoms. The fraction of sp³-hybridized carbons (Fsp3) is 0.267. The number of rotatable bonds is 4. The van der Waals surface area contributed by atoms with Gasteiger partial charge in [0.05, 0.1) is 23.0 Å². The third-order valence-electron chi connectivity index (χ3n) is 3.33. The highest BCUT2D eigenvalue weighted by Crippen LogP contribution is 2.19. The maximum atomic E-state index is 6.13. The van der Waals surface area contributed by atoms with Crippen molar-refractivity contribution in [2.75, 3.05) is 0 Å². The average Bonchev–Trinajstić information content (AvgIpc) is 3.07. The molecule has 0 fully saturated rings. The molecule has 0 radical (unpaired) electrons. The lowest BCUT2D eigenvalue weighted by atomic mass is 10.2. The van der Waals surface area contributed by atoms with Crippen LogP contribution in [0.2, 0.25) is 5.02 Å². The molecular weight excluding hydrogens is 288 g/mol. The molecule has 21 heavy (non-hydrogen) atoms. The van der Waals surface area contributed by atoms with Gasteiger partial charge in [-0.05, 0) is 13.8 Å². The van der Waals surface area contributed by atoms with E-state index in [0.29, 0.717) is 29.7 Å². The van der Waals surface area contributed by atoms with Crippen LogP contribution in [0.15, 0.2) is 34.9 Å². The summed E-state index contributed by atoms with van der Waals surface area (Å²) in [6, 6.07) is 9.76. The van der Waals surface area contributed by atoms with Gasteiger partial charge in [0.2, 0.25) is 11.7 Å². The zero-order valence-electron chi connectivity index (χ0n) is 11.9. The molecule has 108 valence electrons. The van der Waals surface area contributed by atoms with Gasteiger partial charge in [-0.1, -0.05) is 47.1 Å². The molecule has 0 aliphatic carbocycles. The predicted octanol–water partition coefficient (Wildman–Crippen LogP) is 3.45. The van der Waals surface area contributed by atoms with Gasteiger partial charge >= 0.3 is 0 Å². The lowest BCUT2D eigenvalue weighted by Crippen LogP contribution is -2.05. The maximum Gasteiger partial charge on any atom is 0.228 e. The number of hydrogen-bond acceptors (Lipinski definition) is 4. The fourth-order valence-electron chi connectivity index (χ4n) is 2.16. The van der Waals surface area contributed by atoms with Crippen LogP contribution in [0.4, 0.5) is 0 Å². The Kier molecular flexibility index (Phi) is 3.75. The molecule has 1 aromatic carbocycles. The molecule has 0 atom stereocenters. The SMILES string of the molecule is Cc1nn(CCc2nc(-c3ccccc3)no2)c(C)c1Cl. The van der Waals surface area contributed by atoms with E-state index in [-0.39, 0.29) is 0 Å². The van der Waals surface area contributed by atoms with Crippen LogP contribution in [0.3, 0.4) is 0 Å². The first-order valence-corrected chi connectivity index (χ1v) is 7.10. The number of nitrogens with zero attached hydrogens (tertiary/aromatic N) is 4. The van der Waals surface area contributed by atoms with Crippen LogP contribution >= 0.6 is 11.6 Å². The summed E-state index contributed by atoms with van der Waals surface area (Å²) in [5, 5.41) is 9.10. The van der Waals surface area contributed by atoms with E-state index in [1.807, 2.05) is 48.9 Å². The van der Waals surface area contributed by atoms with E-state index in [9.17, 15) is 0 Å². The molecule has 0 aliphatic heterocycles. The number of benzene rings is 1. The molecule has 0 amide bonds. The average molecular weight is 303 g/mol. The molecule has 3 aromatic rings. The van der Waals surface area contributed by atoms with E-state index < -0.39 is 0 Å². The van der Waals surface area contributed by atoms with Gasteiger partial charge < -0.3 is 4.52 Å². The predicted molar refractivity (Wildman–Crippen MR) is 80.1 cm³/mol. The third-order valence-corrected chi connectivity index (χ3v) is 3.88. The molecule has 6 heteroatoms. The lowest BCUT2D eigenvalue weighted by molar-refractivity contribution is 0.368. The Morgan fingerprint density at radius 3 is 2.62 bits per heavy atom. The summed E-state index contributed by atoms with van der Waals surface area (Å²) in [6.07, 6.45) is 0.623. The molecule has 2 aromatic heterocycles. The Hall–Kier alpha value is -2.14.